The van der Waals surface area contributed by atoms with E-state index in [0.717, 1.165) is 12.5 Å². The van der Waals surface area contributed by atoms with Crippen LogP contribution >= 0.6 is 11.6 Å². The molecule has 0 aliphatic carbocycles. The van der Waals surface area contributed by atoms with Crippen LogP contribution in [0.3, 0.4) is 0 Å². The number of halogens is 4. The Morgan fingerprint density at radius 3 is 2.52 bits per heavy atom. The molecule has 0 unspecified atom stereocenters. The van der Waals surface area contributed by atoms with Gasteiger partial charge < -0.3 is 19.5 Å². The van der Waals surface area contributed by atoms with Gasteiger partial charge in [0, 0.05) is 41.8 Å². The number of anilines is 3. The van der Waals surface area contributed by atoms with E-state index in [-0.39, 0.29) is 34.3 Å². The smallest absolute Gasteiger partial charge is 0.282 e. The second-order valence-electron chi connectivity index (χ2n) is 9.83. The van der Waals surface area contributed by atoms with Crippen LogP contribution in [-0.4, -0.2) is 54.1 Å². The van der Waals surface area contributed by atoms with E-state index in [1.54, 1.807) is 29.9 Å². The van der Waals surface area contributed by atoms with Gasteiger partial charge in [-0.15, -0.1) is 0 Å². The molecule has 1 saturated heterocycles. The summed E-state index contributed by atoms with van der Waals surface area (Å²) < 4.78 is 73.8. The van der Waals surface area contributed by atoms with Gasteiger partial charge in [-0.05, 0) is 30.3 Å². The summed E-state index contributed by atoms with van der Waals surface area (Å²) >= 11 is 6.10. The van der Waals surface area contributed by atoms with Crippen LogP contribution in [-0.2, 0) is 23.7 Å². The van der Waals surface area contributed by atoms with Gasteiger partial charge in [-0.2, -0.15) is 0 Å². The molecule has 0 bridgehead atoms. The number of aromatic nitrogens is 3. The van der Waals surface area contributed by atoms with Crippen molar-refractivity contribution in [3.63, 3.8) is 0 Å². The molecule has 1 aliphatic heterocycles. The first-order chi connectivity index (χ1) is 19.7. The van der Waals surface area contributed by atoms with Crippen LogP contribution in [0.25, 0.3) is 11.4 Å². The van der Waals surface area contributed by atoms with Crippen molar-refractivity contribution in [1.82, 2.24) is 14.5 Å². The first-order valence-electron chi connectivity index (χ1n) is 12.4. The molecule has 4 heterocycles. The molecule has 1 aliphatic rings. The number of aryl methyl sites for hydroxylation is 1. The summed E-state index contributed by atoms with van der Waals surface area (Å²) in [5.41, 5.74) is 2.32. The highest BCUT2D eigenvalue weighted by molar-refractivity contribution is 7.92. The fourth-order valence-corrected chi connectivity index (χ4v) is 5.14. The van der Waals surface area contributed by atoms with E-state index in [4.69, 9.17) is 16.3 Å². The Labute approximate surface area is 244 Å². The zero-order valence-corrected chi connectivity index (χ0v) is 23.8. The van der Waals surface area contributed by atoms with Crippen LogP contribution in [0.5, 0.6) is 5.75 Å². The molecule has 0 radical (unpaired) electrons. The first kappa shape index (κ1) is 29.2. The fourth-order valence-electron chi connectivity index (χ4n) is 4.36. The molecule has 1 aromatic carbocycles. The van der Waals surface area contributed by atoms with Gasteiger partial charge in [-0.3, -0.25) is 14.5 Å². The minimum atomic E-state index is -3.57. The van der Waals surface area contributed by atoms with Crippen LogP contribution in [0.1, 0.15) is 15.9 Å². The number of hydrogen-bond acceptors (Lipinski definition) is 7. The number of nitrogens with zero attached hydrogens (tertiary/aromatic N) is 4. The summed E-state index contributed by atoms with van der Waals surface area (Å²) in [5.74, 6) is -3.62. The Kier molecular flexibility index (Phi) is 7.77. The molecule has 5 rings (SSSR count). The molecule has 15 heteroatoms. The average molecular weight is 621 g/mol. The van der Waals surface area contributed by atoms with Gasteiger partial charge in [0.25, 0.3) is 11.8 Å². The number of benzene rings is 1. The van der Waals surface area contributed by atoms with Crippen LogP contribution < -0.4 is 19.7 Å². The van der Waals surface area contributed by atoms with Crippen molar-refractivity contribution in [2.75, 3.05) is 34.3 Å². The van der Waals surface area contributed by atoms with E-state index < -0.39 is 40.8 Å². The summed E-state index contributed by atoms with van der Waals surface area (Å²) in [7, 11) is -1.89. The number of alkyl halides is 2. The van der Waals surface area contributed by atoms with E-state index in [9.17, 15) is 26.4 Å². The lowest BCUT2D eigenvalue weighted by atomic mass is 10.1. The molecule has 220 valence electrons. The molecule has 42 heavy (non-hydrogen) atoms. The zero-order valence-electron chi connectivity index (χ0n) is 22.2. The lowest BCUT2D eigenvalue weighted by Gasteiger charge is -2.40. The first-order valence-corrected chi connectivity index (χ1v) is 14.6. The molecule has 1 fully saturated rings. The van der Waals surface area contributed by atoms with Gasteiger partial charge in [0.2, 0.25) is 10.0 Å². The summed E-state index contributed by atoms with van der Waals surface area (Å²) in [6, 6.07) is 8.67. The number of amides is 1. The highest BCUT2D eigenvalue weighted by Crippen LogP contribution is 2.37. The molecule has 2 N–H and O–H groups in total. The molecule has 0 saturated carbocycles. The van der Waals surface area contributed by atoms with Crippen molar-refractivity contribution >= 4 is 44.6 Å². The minimum absolute atomic E-state index is 0.0740. The molecular formula is C27H24ClF3N6O4S. The maximum absolute atomic E-state index is 13.7. The molecule has 0 spiro atoms. The van der Waals surface area contributed by atoms with Crippen LogP contribution in [0.15, 0.2) is 61.2 Å². The van der Waals surface area contributed by atoms with Crippen molar-refractivity contribution in [3.8, 4) is 17.1 Å². The third-order valence-corrected chi connectivity index (χ3v) is 7.00. The van der Waals surface area contributed by atoms with E-state index in [1.165, 1.54) is 41.6 Å². The Hall–Kier alpha value is -4.30. The number of ether oxygens (including phenoxy) is 1. The molecule has 1 amide bonds. The highest BCUT2D eigenvalue weighted by Gasteiger charge is 2.44. The van der Waals surface area contributed by atoms with Crippen molar-refractivity contribution in [3.05, 3.63) is 83.2 Å². The standard InChI is InChI=1S/C27H24ClF3N6O4S/c1-36-12-17(26(38)34-20-5-18(28)6-21(7-20)35-42(2,39)40)4-23(36)25-24(41-13-16-3-19(29)10-32-9-16)8-22(11-33-25)37-14-27(30,31)15-37/h3-12,35H,13-15H2,1-2H3,(H,34,38). The minimum Gasteiger partial charge on any atom is -0.486 e. The lowest BCUT2D eigenvalue weighted by molar-refractivity contribution is -0.0263. The molecule has 3 aromatic heterocycles. The second-order valence-corrected chi connectivity index (χ2v) is 12.0. The predicted molar refractivity (Wildman–Crippen MR) is 152 cm³/mol. The molecular weight excluding hydrogens is 597 g/mol. The van der Waals surface area contributed by atoms with E-state index in [0.29, 0.717) is 22.6 Å². The van der Waals surface area contributed by atoms with E-state index in [2.05, 4.69) is 20.0 Å². The van der Waals surface area contributed by atoms with Gasteiger partial charge in [0.05, 0.1) is 54.4 Å². The van der Waals surface area contributed by atoms with Gasteiger partial charge in [-0.1, -0.05) is 11.6 Å². The highest BCUT2D eigenvalue weighted by atomic mass is 35.5. The number of hydrogen-bond donors (Lipinski definition) is 2. The largest absolute Gasteiger partial charge is 0.486 e. The van der Waals surface area contributed by atoms with Crippen molar-refractivity contribution in [1.29, 1.82) is 0 Å². The van der Waals surface area contributed by atoms with Crippen LogP contribution in [0, 0.1) is 5.82 Å². The maximum Gasteiger partial charge on any atom is 0.282 e. The van der Waals surface area contributed by atoms with Gasteiger partial charge in [-0.25, -0.2) is 26.6 Å². The number of carbonyl (C=O) groups excluding carboxylic acids is 1. The summed E-state index contributed by atoms with van der Waals surface area (Å²) in [4.78, 5) is 22.8. The van der Waals surface area contributed by atoms with E-state index in [1.807, 2.05) is 0 Å². The van der Waals surface area contributed by atoms with Gasteiger partial charge >= 0.3 is 0 Å². The Balaban J connectivity index is 1.42. The van der Waals surface area contributed by atoms with Crippen molar-refractivity contribution in [2.45, 2.75) is 12.5 Å². The summed E-state index contributed by atoms with van der Waals surface area (Å²) in [6.07, 6.45) is 6.48. The summed E-state index contributed by atoms with van der Waals surface area (Å²) in [6.45, 7) is -0.989. The van der Waals surface area contributed by atoms with E-state index >= 15 is 0 Å². The summed E-state index contributed by atoms with van der Waals surface area (Å²) in [5, 5.41) is 2.89. The van der Waals surface area contributed by atoms with Gasteiger partial charge in [0.1, 0.15) is 23.9 Å². The average Bonchev–Trinajstić information content (AvgIpc) is 3.26. The zero-order chi connectivity index (χ0) is 30.2. The van der Waals surface area contributed by atoms with Crippen LogP contribution in [0.4, 0.5) is 30.2 Å². The topological polar surface area (TPSA) is 118 Å². The lowest BCUT2D eigenvalue weighted by Crippen LogP contribution is -2.56. The molecule has 10 nitrogen and oxygen atoms in total. The van der Waals surface area contributed by atoms with Crippen molar-refractivity contribution < 1.29 is 31.1 Å². The SMILES string of the molecule is Cn1cc(C(=O)Nc2cc(Cl)cc(NS(C)(=O)=O)c2)cc1-c1ncc(N2CC(F)(F)C2)cc1OCc1cncc(F)c1. The third kappa shape index (κ3) is 6.94. The third-order valence-electron chi connectivity index (χ3n) is 6.17. The number of sulfonamides is 1. The molecule has 4 aromatic rings. The quantitative estimate of drug-likeness (QED) is 0.272. The predicted octanol–water partition coefficient (Wildman–Crippen LogP) is 4.93. The Morgan fingerprint density at radius 1 is 1.10 bits per heavy atom. The Bertz CT molecular complexity index is 1780. The number of nitrogens with one attached hydrogen (secondary N) is 2. The normalized spacial score (nSPS) is 14.3. The number of carbonyl (C=O) groups is 1. The Morgan fingerprint density at radius 2 is 1.83 bits per heavy atom. The number of rotatable bonds is 9. The van der Waals surface area contributed by atoms with Crippen LogP contribution in [0.2, 0.25) is 5.02 Å². The van der Waals surface area contributed by atoms with Gasteiger partial charge in [0.15, 0.2) is 0 Å². The number of pyridine rings is 2. The second kappa shape index (κ2) is 11.2. The molecule has 0 atom stereocenters. The fraction of sp³-hybridized carbons (Fsp3) is 0.222. The maximum atomic E-state index is 13.7. The van der Waals surface area contributed by atoms with Crippen molar-refractivity contribution in [2.24, 2.45) is 7.05 Å². The monoisotopic (exact) mass is 620 g/mol.